The van der Waals surface area contributed by atoms with Gasteiger partial charge in [-0.25, -0.2) is 4.98 Å². The quantitative estimate of drug-likeness (QED) is 0.740. The summed E-state index contributed by atoms with van der Waals surface area (Å²) in [5.74, 6) is 0.909. The number of pyridine rings is 2. The maximum atomic E-state index is 12.9. The number of anilines is 1. The second-order valence-electron chi connectivity index (χ2n) is 8.67. The molecule has 0 unspecified atom stereocenters. The van der Waals surface area contributed by atoms with Gasteiger partial charge < -0.3 is 15.1 Å². The van der Waals surface area contributed by atoms with Gasteiger partial charge >= 0.3 is 0 Å². The summed E-state index contributed by atoms with van der Waals surface area (Å²) < 4.78 is 0. The molecule has 3 heterocycles. The van der Waals surface area contributed by atoms with Gasteiger partial charge in [0.25, 0.3) is 5.91 Å². The van der Waals surface area contributed by atoms with Gasteiger partial charge in [0.05, 0.1) is 11.6 Å². The van der Waals surface area contributed by atoms with E-state index in [0.29, 0.717) is 31.0 Å². The van der Waals surface area contributed by atoms with Crippen molar-refractivity contribution in [2.75, 3.05) is 25.5 Å². The molecular weight excluding hydrogens is 402 g/mol. The molecule has 2 amide bonds. The molecule has 1 saturated carbocycles. The van der Waals surface area contributed by atoms with E-state index in [1.807, 2.05) is 55.1 Å². The fraction of sp³-hybridized carbons (Fsp3) is 0.520. The highest BCUT2D eigenvalue weighted by Crippen LogP contribution is 2.42. The molecule has 7 heteroatoms. The third kappa shape index (κ3) is 5.26. The molecule has 2 fully saturated rings. The molecule has 1 aliphatic heterocycles. The zero-order valence-corrected chi connectivity index (χ0v) is 19.7. The zero-order chi connectivity index (χ0) is 23.1. The molecule has 172 valence electrons. The molecule has 7 nitrogen and oxygen atoms in total. The van der Waals surface area contributed by atoms with Gasteiger partial charge in [0.1, 0.15) is 5.82 Å². The van der Waals surface area contributed by atoms with Crippen molar-refractivity contribution in [3.63, 3.8) is 0 Å². The van der Waals surface area contributed by atoms with Crippen LogP contribution in [0.25, 0.3) is 0 Å². The maximum absolute atomic E-state index is 12.9. The topological polar surface area (TPSA) is 78.4 Å². The first-order chi connectivity index (χ1) is 15.5. The van der Waals surface area contributed by atoms with Crippen LogP contribution in [0.1, 0.15) is 62.4 Å². The van der Waals surface area contributed by atoms with Crippen LogP contribution in [0.5, 0.6) is 0 Å². The zero-order valence-electron chi connectivity index (χ0n) is 19.7. The van der Waals surface area contributed by atoms with Crippen LogP contribution in [-0.4, -0.2) is 57.8 Å². The van der Waals surface area contributed by atoms with E-state index in [9.17, 15) is 9.59 Å². The number of likely N-dealkylation sites (tertiary alicyclic amines) is 1. The Morgan fingerprint density at radius 3 is 2.59 bits per heavy atom. The van der Waals surface area contributed by atoms with E-state index >= 15 is 0 Å². The van der Waals surface area contributed by atoms with Crippen molar-refractivity contribution in [3.8, 4) is 0 Å². The van der Waals surface area contributed by atoms with Crippen molar-refractivity contribution < 1.29 is 9.59 Å². The van der Waals surface area contributed by atoms with Crippen LogP contribution in [-0.2, 0) is 11.3 Å². The van der Waals surface area contributed by atoms with Crippen LogP contribution in [0.2, 0.25) is 0 Å². The molecule has 1 saturated heterocycles. The third-order valence-electron chi connectivity index (χ3n) is 6.50. The number of hydrogen-bond donors (Lipinski definition) is 1. The minimum Gasteiger partial charge on any atom is -0.366 e. The fourth-order valence-corrected chi connectivity index (χ4v) is 4.26. The van der Waals surface area contributed by atoms with Gasteiger partial charge in [-0.2, -0.15) is 0 Å². The highest BCUT2D eigenvalue weighted by atomic mass is 16.2. The van der Waals surface area contributed by atoms with Crippen LogP contribution >= 0.6 is 0 Å². The molecule has 0 radical (unpaired) electrons. The number of hydrogen-bond acceptors (Lipinski definition) is 5. The van der Waals surface area contributed by atoms with Crippen LogP contribution < -0.4 is 5.32 Å². The summed E-state index contributed by atoms with van der Waals surface area (Å²) in [5, 5.41) is 3.24. The highest BCUT2D eigenvalue weighted by molar-refractivity contribution is 5.94. The summed E-state index contributed by atoms with van der Waals surface area (Å²) in [6.45, 7) is 7.93. The molecule has 2 aliphatic rings. The van der Waals surface area contributed by atoms with Crippen molar-refractivity contribution >= 4 is 17.6 Å². The molecule has 32 heavy (non-hydrogen) atoms. The Balaban J connectivity index is 0.00000141. The Labute approximate surface area is 191 Å². The van der Waals surface area contributed by atoms with E-state index in [2.05, 4.69) is 22.2 Å². The lowest BCUT2D eigenvalue weighted by Crippen LogP contribution is -2.49. The van der Waals surface area contributed by atoms with Crippen molar-refractivity contribution in [2.45, 2.75) is 59.0 Å². The van der Waals surface area contributed by atoms with Gasteiger partial charge in [0, 0.05) is 50.7 Å². The third-order valence-corrected chi connectivity index (χ3v) is 6.50. The molecule has 1 N–H and O–H groups in total. The molecule has 0 spiro atoms. The first kappa shape index (κ1) is 23.7. The highest BCUT2D eigenvalue weighted by Gasteiger charge is 2.43. The van der Waals surface area contributed by atoms with Crippen LogP contribution in [0.15, 0.2) is 42.9 Å². The molecule has 4 rings (SSSR count). The number of aromatic nitrogens is 2. The smallest absolute Gasteiger partial charge is 0.255 e. The summed E-state index contributed by atoms with van der Waals surface area (Å²) in [5.41, 5.74) is 1.44. The van der Waals surface area contributed by atoms with Gasteiger partial charge in [0.2, 0.25) is 5.91 Å². The molecular formula is C25H35N5O2. The average Bonchev–Trinajstić information content (AvgIpc) is 3.32. The summed E-state index contributed by atoms with van der Waals surface area (Å²) in [4.78, 5) is 37.8. The summed E-state index contributed by atoms with van der Waals surface area (Å²) in [6, 6.07) is 7.61. The molecule has 0 aromatic carbocycles. The van der Waals surface area contributed by atoms with Crippen molar-refractivity contribution in [3.05, 3.63) is 54.0 Å². The second-order valence-corrected chi connectivity index (χ2v) is 8.67. The predicted molar refractivity (Wildman–Crippen MR) is 126 cm³/mol. The standard InChI is InChI=1S/C23H29N5O2.C2H6/c1-23(9-4-10-23)22(30)27(2)19-8-12-28(16-19)21(29)18-6-7-20(26-15-18)25-14-17-5-3-11-24-13-17;1-2/h3,5-7,11,13,15,19H,4,8-10,12,14,16H2,1-2H3,(H,25,26);1-2H3/t19-;/m0./s1. The molecule has 0 bridgehead atoms. The monoisotopic (exact) mass is 437 g/mol. The van der Waals surface area contributed by atoms with Crippen LogP contribution in [0, 0.1) is 5.41 Å². The Bertz CT molecular complexity index is 896. The van der Waals surface area contributed by atoms with Gasteiger partial charge in [0.15, 0.2) is 0 Å². The van der Waals surface area contributed by atoms with E-state index in [-0.39, 0.29) is 23.3 Å². The number of carbonyl (C=O) groups excluding carboxylic acids is 2. The molecule has 1 atom stereocenters. The Hall–Kier alpha value is -2.96. The fourth-order valence-electron chi connectivity index (χ4n) is 4.26. The minimum absolute atomic E-state index is 0.0282. The van der Waals surface area contributed by atoms with E-state index in [1.165, 1.54) is 0 Å². The lowest BCUT2D eigenvalue weighted by atomic mass is 9.69. The van der Waals surface area contributed by atoms with Gasteiger partial charge in [-0.15, -0.1) is 0 Å². The lowest BCUT2D eigenvalue weighted by molar-refractivity contribution is -0.146. The lowest BCUT2D eigenvalue weighted by Gasteiger charge is -2.41. The second kappa shape index (κ2) is 10.6. The first-order valence-electron chi connectivity index (χ1n) is 11.6. The van der Waals surface area contributed by atoms with E-state index in [4.69, 9.17) is 0 Å². The summed E-state index contributed by atoms with van der Waals surface area (Å²) in [6.07, 6.45) is 9.06. The maximum Gasteiger partial charge on any atom is 0.255 e. The van der Waals surface area contributed by atoms with Gasteiger partial charge in [-0.1, -0.05) is 33.3 Å². The predicted octanol–water partition coefficient (Wildman–Crippen LogP) is 3.98. The van der Waals surface area contributed by atoms with E-state index in [0.717, 1.165) is 31.2 Å². The Morgan fingerprint density at radius 1 is 1.22 bits per heavy atom. The minimum atomic E-state index is -0.200. The number of amides is 2. The Morgan fingerprint density at radius 2 is 2.00 bits per heavy atom. The summed E-state index contributed by atoms with van der Waals surface area (Å²) in [7, 11) is 1.88. The number of rotatable bonds is 6. The van der Waals surface area contributed by atoms with E-state index in [1.54, 1.807) is 18.5 Å². The van der Waals surface area contributed by atoms with Crippen LogP contribution in [0.3, 0.4) is 0 Å². The van der Waals surface area contributed by atoms with Gasteiger partial charge in [-0.3, -0.25) is 14.6 Å². The SMILES string of the molecule is CC.CN(C(=O)C1(C)CCC1)[C@H]1CCN(C(=O)c2ccc(NCc3cccnc3)nc2)C1. The Kier molecular flexibility index (Phi) is 7.83. The normalized spacial score (nSPS) is 18.8. The number of likely N-dealkylation sites (N-methyl/N-ethyl adjacent to an activating group) is 1. The van der Waals surface area contributed by atoms with Crippen molar-refractivity contribution in [2.24, 2.45) is 5.41 Å². The first-order valence-corrected chi connectivity index (χ1v) is 11.6. The van der Waals surface area contributed by atoms with Crippen LogP contribution in [0.4, 0.5) is 5.82 Å². The molecule has 2 aromatic rings. The van der Waals surface area contributed by atoms with Crippen molar-refractivity contribution in [1.29, 1.82) is 0 Å². The number of nitrogens with zero attached hydrogens (tertiary/aromatic N) is 4. The number of carbonyl (C=O) groups is 2. The molecule has 2 aromatic heterocycles. The summed E-state index contributed by atoms with van der Waals surface area (Å²) >= 11 is 0. The van der Waals surface area contributed by atoms with E-state index < -0.39 is 0 Å². The largest absolute Gasteiger partial charge is 0.366 e. The average molecular weight is 438 g/mol. The molecule has 1 aliphatic carbocycles. The van der Waals surface area contributed by atoms with Gasteiger partial charge in [-0.05, 0) is 43.0 Å². The van der Waals surface area contributed by atoms with Crippen molar-refractivity contribution in [1.82, 2.24) is 19.8 Å². The number of nitrogens with one attached hydrogen (secondary N) is 1.